The van der Waals surface area contributed by atoms with Gasteiger partial charge in [0.1, 0.15) is 0 Å². The van der Waals surface area contributed by atoms with Gasteiger partial charge in [-0.15, -0.1) is 0 Å². The molecule has 1 aromatic rings. The van der Waals surface area contributed by atoms with Gasteiger partial charge in [-0.1, -0.05) is 42.5 Å². The monoisotopic (exact) mass is 298 g/mol. The summed E-state index contributed by atoms with van der Waals surface area (Å²) in [5, 5.41) is 3.27. The van der Waals surface area contributed by atoms with Gasteiger partial charge in [0.15, 0.2) is 0 Å². The first-order valence-corrected chi connectivity index (χ1v) is 8.53. The second-order valence-electron chi connectivity index (χ2n) is 6.53. The van der Waals surface area contributed by atoms with Crippen molar-refractivity contribution in [2.75, 3.05) is 13.1 Å². The number of nitrogens with one attached hydrogen (secondary N) is 1. The van der Waals surface area contributed by atoms with Crippen LogP contribution in [0.1, 0.15) is 37.7 Å². The third-order valence-electron chi connectivity index (χ3n) is 4.82. The summed E-state index contributed by atoms with van der Waals surface area (Å²) in [5.41, 5.74) is 1.37. The number of hydrogen-bond donors (Lipinski definition) is 1. The van der Waals surface area contributed by atoms with Crippen LogP contribution in [0.4, 0.5) is 0 Å². The summed E-state index contributed by atoms with van der Waals surface area (Å²) in [4.78, 5) is 14.8. The van der Waals surface area contributed by atoms with Crippen LogP contribution in [0.25, 0.3) is 0 Å². The lowest BCUT2D eigenvalue weighted by molar-refractivity contribution is -0.126. The van der Waals surface area contributed by atoms with E-state index in [9.17, 15) is 4.79 Å². The molecule has 2 aliphatic rings. The zero-order valence-electron chi connectivity index (χ0n) is 13.2. The number of nitrogens with zero attached hydrogens (tertiary/aromatic N) is 1. The number of allylic oxidation sites excluding steroid dienone is 2. The molecule has 0 unspecified atom stereocenters. The highest BCUT2D eigenvalue weighted by molar-refractivity contribution is 5.79. The molecule has 3 rings (SSSR count). The number of hydrogen-bond acceptors (Lipinski definition) is 2. The number of benzene rings is 1. The van der Waals surface area contributed by atoms with E-state index in [2.05, 4.69) is 52.7 Å². The molecule has 0 spiro atoms. The Hall–Kier alpha value is -1.61. The SMILES string of the molecule is O=C(NC1CCN(Cc2ccccc2)CC1)[C@H]1CC=CCC1. The number of rotatable bonds is 4. The van der Waals surface area contributed by atoms with Crippen LogP contribution in [0.2, 0.25) is 0 Å². The number of amides is 1. The third kappa shape index (κ3) is 4.20. The van der Waals surface area contributed by atoms with Crippen molar-refractivity contribution in [1.82, 2.24) is 10.2 Å². The Bertz CT molecular complexity index is 503. The summed E-state index contributed by atoms with van der Waals surface area (Å²) >= 11 is 0. The molecule has 1 aromatic carbocycles. The summed E-state index contributed by atoms with van der Waals surface area (Å²) in [5.74, 6) is 0.471. The van der Waals surface area contributed by atoms with Crippen LogP contribution < -0.4 is 5.32 Å². The highest BCUT2D eigenvalue weighted by Crippen LogP contribution is 2.20. The number of likely N-dealkylation sites (tertiary alicyclic amines) is 1. The van der Waals surface area contributed by atoms with Gasteiger partial charge in [0, 0.05) is 31.6 Å². The zero-order valence-corrected chi connectivity index (χ0v) is 13.2. The van der Waals surface area contributed by atoms with Crippen LogP contribution >= 0.6 is 0 Å². The van der Waals surface area contributed by atoms with E-state index in [1.165, 1.54) is 5.56 Å². The quantitative estimate of drug-likeness (QED) is 0.866. The molecule has 118 valence electrons. The molecule has 3 nitrogen and oxygen atoms in total. The molecule has 1 aliphatic carbocycles. The van der Waals surface area contributed by atoms with Crippen molar-refractivity contribution in [2.24, 2.45) is 5.92 Å². The van der Waals surface area contributed by atoms with Crippen molar-refractivity contribution in [2.45, 2.75) is 44.7 Å². The van der Waals surface area contributed by atoms with E-state index in [1.807, 2.05) is 0 Å². The maximum absolute atomic E-state index is 12.3. The maximum atomic E-state index is 12.3. The van der Waals surface area contributed by atoms with Gasteiger partial charge in [0.05, 0.1) is 0 Å². The van der Waals surface area contributed by atoms with E-state index in [0.29, 0.717) is 6.04 Å². The molecule has 0 radical (unpaired) electrons. The van der Waals surface area contributed by atoms with E-state index in [-0.39, 0.29) is 11.8 Å². The summed E-state index contributed by atoms with van der Waals surface area (Å²) in [6.45, 7) is 3.17. The van der Waals surface area contributed by atoms with Crippen molar-refractivity contribution in [3.05, 3.63) is 48.0 Å². The van der Waals surface area contributed by atoms with Gasteiger partial charge in [-0.2, -0.15) is 0 Å². The number of carbonyl (C=O) groups excluding carboxylic acids is 1. The molecule has 0 saturated carbocycles. The molecule has 1 N–H and O–H groups in total. The van der Waals surface area contributed by atoms with Crippen LogP contribution in [0.3, 0.4) is 0 Å². The minimum Gasteiger partial charge on any atom is -0.353 e. The van der Waals surface area contributed by atoms with Gasteiger partial charge in [0.25, 0.3) is 0 Å². The Kier molecular flexibility index (Phi) is 5.28. The second kappa shape index (κ2) is 7.59. The Morgan fingerprint density at radius 2 is 1.86 bits per heavy atom. The predicted octanol–water partition coefficient (Wildman–Crippen LogP) is 3.12. The van der Waals surface area contributed by atoms with Crippen LogP contribution in [0.5, 0.6) is 0 Å². The summed E-state index contributed by atoms with van der Waals surface area (Å²) in [6, 6.07) is 11.0. The molecular weight excluding hydrogens is 272 g/mol. The van der Waals surface area contributed by atoms with Crippen molar-refractivity contribution in [3.8, 4) is 0 Å². The average molecular weight is 298 g/mol. The highest BCUT2D eigenvalue weighted by atomic mass is 16.1. The molecule has 0 bridgehead atoms. The Morgan fingerprint density at radius 1 is 1.09 bits per heavy atom. The van der Waals surface area contributed by atoms with Gasteiger partial charge in [0.2, 0.25) is 5.91 Å². The van der Waals surface area contributed by atoms with E-state index in [0.717, 1.165) is 51.7 Å². The molecule has 1 fully saturated rings. The Morgan fingerprint density at radius 3 is 2.55 bits per heavy atom. The molecule has 3 heteroatoms. The minimum absolute atomic E-state index is 0.201. The maximum Gasteiger partial charge on any atom is 0.223 e. The Balaban J connectivity index is 1.42. The second-order valence-corrected chi connectivity index (χ2v) is 6.53. The van der Waals surface area contributed by atoms with E-state index >= 15 is 0 Å². The van der Waals surface area contributed by atoms with Gasteiger partial charge in [-0.3, -0.25) is 9.69 Å². The normalized spacial score (nSPS) is 23.4. The van der Waals surface area contributed by atoms with Gasteiger partial charge in [-0.05, 0) is 37.7 Å². The first-order valence-electron chi connectivity index (χ1n) is 8.53. The topological polar surface area (TPSA) is 32.3 Å². The molecule has 1 heterocycles. The van der Waals surface area contributed by atoms with Crippen molar-refractivity contribution >= 4 is 5.91 Å². The molecule has 1 atom stereocenters. The number of carbonyl (C=O) groups is 1. The van der Waals surface area contributed by atoms with Gasteiger partial charge >= 0.3 is 0 Å². The summed E-state index contributed by atoms with van der Waals surface area (Å²) < 4.78 is 0. The van der Waals surface area contributed by atoms with Crippen LogP contribution in [0.15, 0.2) is 42.5 Å². The molecular formula is C19H26N2O. The fourth-order valence-corrected chi connectivity index (χ4v) is 3.43. The first kappa shape index (κ1) is 15.3. The van der Waals surface area contributed by atoms with Crippen LogP contribution in [-0.2, 0) is 11.3 Å². The number of piperidine rings is 1. The van der Waals surface area contributed by atoms with Crippen molar-refractivity contribution in [1.29, 1.82) is 0 Å². The summed E-state index contributed by atoms with van der Waals surface area (Å²) in [6.07, 6.45) is 9.45. The van der Waals surface area contributed by atoms with E-state index in [1.54, 1.807) is 0 Å². The van der Waals surface area contributed by atoms with E-state index < -0.39 is 0 Å². The molecule has 1 amide bonds. The molecule has 1 saturated heterocycles. The average Bonchev–Trinajstić information content (AvgIpc) is 2.58. The largest absolute Gasteiger partial charge is 0.353 e. The van der Waals surface area contributed by atoms with Crippen LogP contribution in [0, 0.1) is 5.92 Å². The zero-order chi connectivity index (χ0) is 15.2. The van der Waals surface area contributed by atoms with Gasteiger partial charge in [-0.25, -0.2) is 0 Å². The van der Waals surface area contributed by atoms with Crippen molar-refractivity contribution < 1.29 is 4.79 Å². The van der Waals surface area contributed by atoms with Crippen molar-refractivity contribution in [3.63, 3.8) is 0 Å². The highest BCUT2D eigenvalue weighted by Gasteiger charge is 2.24. The van der Waals surface area contributed by atoms with Crippen LogP contribution in [-0.4, -0.2) is 29.9 Å². The molecule has 22 heavy (non-hydrogen) atoms. The van der Waals surface area contributed by atoms with E-state index in [4.69, 9.17) is 0 Å². The molecule has 0 aromatic heterocycles. The molecule has 1 aliphatic heterocycles. The lowest BCUT2D eigenvalue weighted by Crippen LogP contribution is -2.46. The smallest absolute Gasteiger partial charge is 0.223 e. The standard InChI is InChI=1S/C19H26N2O/c22-19(17-9-5-2-6-10-17)20-18-11-13-21(14-12-18)15-16-7-3-1-4-8-16/h1-5,7-8,17-18H,6,9-15H2,(H,20,22)/t17-/m0/s1. The minimum atomic E-state index is 0.201. The lowest BCUT2D eigenvalue weighted by Gasteiger charge is -2.33. The fourth-order valence-electron chi connectivity index (χ4n) is 3.43. The predicted molar refractivity (Wildman–Crippen MR) is 89.4 cm³/mol. The fraction of sp³-hybridized carbons (Fsp3) is 0.526. The Labute approximate surface area is 133 Å². The van der Waals surface area contributed by atoms with Gasteiger partial charge < -0.3 is 5.32 Å². The lowest BCUT2D eigenvalue weighted by atomic mass is 9.93. The third-order valence-corrected chi connectivity index (χ3v) is 4.82. The first-order chi connectivity index (χ1) is 10.8. The summed E-state index contributed by atoms with van der Waals surface area (Å²) in [7, 11) is 0.